The lowest BCUT2D eigenvalue weighted by Crippen LogP contribution is -2.24. The Morgan fingerprint density at radius 3 is 2.86 bits per heavy atom. The van der Waals surface area contributed by atoms with E-state index < -0.39 is 0 Å². The number of hydrazone groups is 1. The topological polar surface area (TPSA) is 27.6 Å². The average Bonchev–Trinajstić information content (AvgIpc) is 1.69. The molecule has 0 aromatic rings. The Bertz CT molecular complexity index is 106. The molecule has 0 saturated heterocycles. The second-order valence-corrected chi connectivity index (χ2v) is 1.15. The van der Waals surface area contributed by atoms with E-state index in [0.29, 0.717) is 0 Å². The Morgan fingerprint density at radius 1 is 1.71 bits per heavy atom. The van der Waals surface area contributed by atoms with Crippen LogP contribution in [0.1, 0.15) is 0 Å². The first-order chi connectivity index (χ1) is 3.39. The lowest BCUT2D eigenvalue weighted by atomic mass is 10.6. The zero-order chi connectivity index (χ0) is 5.11. The molecule has 0 unspecified atom stereocenters. The third-order valence-electron chi connectivity index (χ3n) is 0.612. The van der Waals surface area contributed by atoms with Crippen molar-refractivity contribution in [2.24, 2.45) is 5.10 Å². The molecule has 0 saturated carbocycles. The number of nitrogens with zero attached hydrogens (tertiary/aromatic N) is 2. The molecule has 1 radical (unpaired) electrons. The number of rotatable bonds is 0. The fraction of sp³-hybridized carbons (Fsp3) is 0. The van der Waals surface area contributed by atoms with Crippen molar-refractivity contribution in [3.8, 4) is 0 Å². The van der Waals surface area contributed by atoms with Gasteiger partial charge in [0, 0.05) is 6.20 Å². The van der Waals surface area contributed by atoms with E-state index in [9.17, 15) is 0 Å². The Labute approximate surface area is 42.3 Å². The second-order valence-electron chi connectivity index (χ2n) is 1.15. The van der Waals surface area contributed by atoms with Gasteiger partial charge in [0.2, 0.25) is 0 Å². The van der Waals surface area contributed by atoms with Crippen molar-refractivity contribution in [1.29, 1.82) is 0 Å². The van der Waals surface area contributed by atoms with Crippen LogP contribution in [0.15, 0.2) is 17.4 Å². The molecular formula is C4H6N3. The summed E-state index contributed by atoms with van der Waals surface area (Å²) >= 11 is 0. The van der Waals surface area contributed by atoms with E-state index in [-0.39, 0.29) is 0 Å². The lowest BCUT2D eigenvalue weighted by molar-refractivity contribution is 0.326. The van der Waals surface area contributed by atoms with Crippen LogP contribution in [0.4, 0.5) is 0 Å². The van der Waals surface area contributed by atoms with Gasteiger partial charge >= 0.3 is 0 Å². The molecule has 1 aliphatic rings. The first kappa shape index (κ1) is 4.18. The maximum Gasteiger partial charge on any atom is 0.0797 e. The number of hydrogen-bond donors (Lipinski definition) is 1. The lowest BCUT2D eigenvalue weighted by Gasteiger charge is -2.12. The molecule has 3 heteroatoms. The Balaban J connectivity index is 2.49. The van der Waals surface area contributed by atoms with E-state index in [2.05, 4.69) is 17.6 Å². The maximum absolute atomic E-state index is 3.73. The molecule has 37 valence electrons. The molecule has 0 amide bonds. The number of nitrogens with one attached hydrogen (secondary N) is 1. The highest BCUT2D eigenvalue weighted by molar-refractivity contribution is 5.71. The third-order valence-corrected chi connectivity index (χ3v) is 0.612. The highest BCUT2D eigenvalue weighted by Gasteiger charge is 1.84. The first-order valence-electron chi connectivity index (χ1n) is 1.95. The summed E-state index contributed by atoms with van der Waals surface area (Å²) < 4.78 is 0. The molecule has 3 nitrogen and oxygen atoms in total. The quantitative estimate of drug-likeness (QED) is 0.463. The van der Waals surface area contributed by atoms with Crippen molar-refractivity contribution < 1.29 is 0 Å². The van der Waals surface area contributed by atoms with Crippen LogP contribution in [0.25, 0.3) is 0 Å². The summed E-state index contributed by atoms with van der Waals surface area (Å²) in [4.78, 5) is 0. The minimum atomic E-state index is 1.38. The van der Waals surface area contributed by atoms with Gasteiger partial charge in [0.25, 0.3) is 0 Å². The summed E-state index contributed by atoms with van der Waals surface area (Å²) in [6, 6.07) is 0. The Kier molecular flexibility index (Phi) is 0.978. The summed E-state index contributed by atoms with van der Waals surface area (Å²) in [6.07, 6.45) is 5.20. The van der Waals surface area contributed by atoms with Crippen LogP contribution < -0.4 is 5.43 Å². The normalized spacial score (nSPS) is 17.0. The summed E-state index contributed by atoms with van der Waals surface area (Å²) in [5.74, 6) is 0. The van der Waals surface area contributed by atoms with Gasteiger partial charge in [-0.2, -0.15) is 5.10 Å². The molecule has 0 aliphatic carbocycles. The monoisotopic (exact) mass is 96.1 g/mol. The second kappa shape index (κ2) is 1.64. The molecule has 0 bridgehead atoms. The molecule has 0 aromatic heterocycles. The van der Waals surface area contributed by atoms with Gasteiger partial charge < -0.3 is 0 Å². The van der Waals surface area contributed by atoms with E-state index in [0.717, 1.165) is 0 Å². The molecule has 0 spiro atoms. The minimum Gasteiger partial charge on any atom is -0.290 e. The largest absolute Gasteiger partial charge is 0.290 e. The van der Waals surface area contributed by atoms with Crippen LogP contribution in [0, 0.1) is 7.05 Å². The molecule has 1 N–H and O–H groups in total. The van der Waals surface area contributed by atoms with Gasteiger partial charge in [-0.05, 0) is 6.08 Å². The van der Waals surface area contributed by atoms with Gasteiger partial charge in [-0.25, -0.2) is 5.12 Å². The number of hydrogen-bond acceptors (Lipinski definition) is 3. The fourth-order valence-corrected chi connectivity index (χ4v) is 0.324. The molecule has 1 heterocycles. The number of hydrazine groups is 1. The maximum atomic E-state index is 3.73. The van der Waals surface area contributed by atoms with E-state index in [4.69, 9.17) is 0 Å². The van der Waals surface area contributed by atoms with E-state index in [1.54, 1.807) is 18.5 Å². The minimum absolute atomic E-state index is 1.38. The highest BCUT2D eigenvalue weighted by Crippen LogP contribution is 1.82. The molecule has 0 fully saturated rings. The molecule has 0 aromatic carbocycles. The molecule has 7 heavy (non-hydrogen) atoms. The van der Waals surface area contributed by atoms with E-state index >= 15 is 0 Å². The first-order valence-corrected chi connectivity index (χ1v) is 1.95. The molecule has 1 aliphatic heterocycles. The van der Waals surface area contributed by atoms with Gasteiger partial charge in [0.1, 0.15) is 0 Å². The SMILES string of the molecule is [CH2]N1N=CC=CN1. The molecule has 1 rings (SSSR count). The van der Waals surface area contributed by atoms with Crippen LogP contribution in [0.3, 0.4) is 0 Å². The summed E-state index contributed by atoms with van der Waals surface area (Å²) in [5, 5.41) is 5.10. The van der Waals surface area contributed by atoms with Crippen molar-refractivity contribution in [2.75, 3.05) is 0 Å². The van der Waals surface area contributed by atoms with Gasteiger partial charge in [0.15, 0.2) is 0 Å². The van der Waals surface area contributed by atoms with Gasteiger partial charge in [-0.3, -0.25) is 5.43 Å². The van der Waals surface area contributed by atoms with Crippen LogP contribution in [0.2, 0.25) is 0 Å². The van der Waals surface area contributed by atoms with Gasteiger partial charge in [0.05, 0.1) is 13.3 Å². The summed E-state index contributed by atoms with van der Waals surface area (Å²) in [7, 11) is 3.47. The summed E-state index contributed by atoms with van der Waals surface area (Å²) in [6.45, 7) is 0. The average molecular weight is 96.1 g/mol. The van der Waals surface area contributed by atoms with Crippen LogP contribution in [-0.2, 0) is 0 Å². The van der Waals surface area contributed by atoms with E-state index in [1.165, 1.54) is 5.12 Å². The zero-order valence-corrected chi connectivity index (χ0v) is 3.83. The van der Waals surface area contributed by atoms with Crippen LogP contribution in [0.5, 0.6) is 0 Å². The zero-order valence-electron chi connectivity index (χ0n) is 3.83. The van der Waals surface area contributed by atoms with Crippen molar-refractivity contribution in [3.63, 3.8) is 0 Å². The van der Waals surface area contributed by atoms with E-state index in [1.807, 2.05) is 0 Å². The predicted octanol–water partition coefficient (Wildman–Crippen LogP) is 0.0977. The van der Waals surface area contributed by atoms with Gasteiger partial charge in [-0.1, -0.05) is 0 Å². The van der Waals surface area contributed by atoms with Crippen molar-refractivity contribution >= 4 is 6.21 Å². The summed E-state index contributed by atoms with van der Waals surface area (Å²) in [5.41, 5.74) is 2.73. The number of allylic oxidation sites excluding steroid dienone is 1. The predicted molar refractivity (Wildman–Crippen MR) is 28.0 cm³/mol. The highest BCUT2D eigenvalue weighted by atomic mass is 15.7. The van der Waals surface area contributed by atoms with Gasteiger partial charge in [-0.15, -0.1) is 0 Å². The van der Waals surface area contributed by atoms with Crippen molar-refractivity contribution in [2.45, 2.75) is 0 Å². The molecule has 0 atom stereocenters. The smallest absolute Gasteiger partial charge is 0.0797 e. The van der Waals surface area contributed by atoms with Crippen molar-refractivity contribution in [3.05, 3.63) is 19.3 Å². The third kappa shape index (κ3) is 0.924. The molecular weight excluding hydrogens is 90.1 g/mol. The standard InChI is InChI=1S/C4H6N3/c1-7-5-3-2-4-6-7/h2-5H,1H2. The Morgan fingerprint density at radius 2 is 2.57 bits per heavy atom. The van der Waals surface area contributed by atoms with Crippen LogP contribution >= 0.6 is 0 Å². The fourth-order valence-electron chi connectivity index (χ4n) is 0.324. The van der Waals surface area contributed by atoms with Crippen molar-refractivity contribution in [1.82, 2.24) is 10.5 Å². The van der Waals surface area contributed by atoms with Crippen LogP contribution in [-0.4, -0.2) is 11.3 Å². The Hall–Kier alpha value is -0.990.